The summed E-state index contributed by atoms with van der Waals surface area (Å²) in [6.45, 7) is 34.4. The van der Waals surface area contributed by atoms with E-state index in [1.54, 1.807) is 0 Å². The average molecular weight is 581 g/mol. The van der Waals surface area contributed by atoms with Crippen LogP contribution in [0.25, 0.3) is 0 Å². The van der Waals surface area contributed by atoms with E-state index in [-0.39, 0.29) is 0 Å². The van der Waals surface area contributed by atoms with Crippen molar-refractivity contribution in [1.82, 2.24) is 0 Å². The van der Waals surface area contributed by atoms with E-state index >= 15 is 0 Å². The van der Waals surface area contributed by atoms with Crippen molar-refractivity contribution in [1.29, 1.82) is 0 Å². The first-order chi connectivity index (χ1) is 19.6. The molecule has 2 aromatic rings. The van der Waals surface area contributed by atoms with Gasteiger partial charge < -0.3 is 0 Å². The second-order valence-electron chi connectivity index (χ2n) is 10.3. The molecule has 1 unspecified atom stereocenters. The van der Waals surface area contributed by atoms with Gasteiger partial charge >= 0.3 is 0 Å². The summed E-state index contributed by atoms with van der Waals surface area (Å²) in [5.41, 5.74) is 11.0. The molecular weight excluding hydrogens is 513 g/mol. The van der Waals surface area contributed by atoms with Crippen LogP contribution in [0, 0.1) is 27.7 Å². The summed E-state index contributed by atoms with van der Waals surface area (Å²) in [7, 11) is 0. The van der Waals surface area contributed by atoms with E-state index in [9.17, 15) is 0 Å². The van der Waals surface area contributed by atoms with Gasteiger partial charge in [0.25, 0.3) is 0 Å². The van der Waals surface area contributed by atoms with E-state index in [0.29, 0.717) is 5.25 Å². The second kappa shape index (κ2) is 29.5. The highest BCUT2D eigenvalue weighted by Gasteiger charge is 2.13. The van der Waals surface area contributed by atoms with Gasteiger partial charge in [-0.15, -0.1) is 11.8 Å². The van der Waals surface area contributed by atoms with Crippen LogP contribution in [0.1, 0.15) is 136 Å². The summed E-state index contributed by atoms with van der Waals surface area (Å²) >= 11 is 2.01. The maximum atomic E-state index is 4.27. The number of thioether (sulfide) groups is 1. The van der Waals surface area contributed by atoms with Gasteiger partial charge in [0.1, 0.15) is 0 Å². The Morgan fingerprint density at radius 3 is 1.61 bits per heavy atom. The minimum Gasteiger partial charge on any atom is -0.149 e. The lowest BCUT2D eigenvalue weighted by Gasteiger charge is -2.19. The van der Waals surface area contributed by atoms with Gasteiger partial charge in [-0.05, 0) is 82.2 Å². The molecule has 0 nitrogen and oxygen atoms in total. The number of allylic oxidation sites excluding steroid dienone is 4. The monoisotopic (exact) mass is 581 g/mol. The molecule has 0 amide bonds. The Balaban J connectivity index is -0.000000649. The van der Waals surface area contributed by atoms with Gasteiger partial charge in [-0.3, -0.25) is 0 Å². The lowest BCUT2D eigenvalue weighted by Crippen LogP contribution is -2.05. The third kappa shape index (κ3) is 22.3. The van der Waals surface area contributed by atoms with Crippen LogP contribution < -0.4 is 0 Å². The summed E-state index contributed by atoms with van der Waals surface area (Å²) in [6, 6.07) is 15.3. The normalized spacial score (nSPS) is 11.3. The lowest BCUT2D eigenvalue weighted by atomic mass is 9.95. The van der Waals surface area contributed by atoms with Crippen LogP contribution in [0.3, 0.4) is 0 Å². The molecule has 2 aromatic carbocycles. The Morgan fingerprint density at radius 1 is 0.756 bits per heavy atom. The Labute approximate surface area is 263 Å². The van der Waals surface area contributed by atoms with Crippen molar-refractivity contribution in [3.63, 3.8) is 0 Å². The molecule has 0 fully saturated rings. The first kappa shape index (κ1) is 43.5. The van der Waals surface area contributed by atoms with Crippen molar-refractivity contribution in [2.75, 3.05) is 0 Å². The fourth-order valence-corrected chi connectivity index (χ4v) is 4.57. The zero-order valence-corrected chi connectivity index (χ0v) is 30.7. The first-order valence-corrected chi connectivity index (χ1v) is 17.4. The van der Waals surface area contributed by atoms with Crippen LogP contribution in [0.5, 0.6) is 0 Å². The maximum absolute atomic E-state index is 4.27. The molecule has 0 saturated heterocycles. The number of hydrogen-bond acceptors (Lipinski definition) is 1. The van der Waals surface area contributed by atoms with Crippen molar-refractivity contribution in [3.8, 4) is 0 Å². The van der Waals surface area contributed by atoms with Gasteiger partial charge in [0.15, 0.2) is 0 Å². The Kier molecular flexibility index (Phi) is 31.3. The van der Waals surface area contributed by atoms with Gasteiger partial charge in [0, 0.05) is 11.0 Å². The zero-order chi connectivity index (χ0) is 32.2. The van der Waals surface area contributed by atoms with Crippen molar-refractivity contribution in [2.45, 2.75) is 146 Å². The van der Waals surface area contributed by atoms with Crippen molar-refractivity contribution in [2.24, 2.45) is 0 Å². The molecule has 0 spiro atoms. The SMILES string of the molecule is C=C(CC)/C(CC)=C(\C=C/C)C(C)SCc1ccc(C)c(C)c1.CC.CCCC.CCCC.Cc1cccc(C)c1. The van der Waals surface area contributed by atoms with E-state index < -0.39 is 0 Å². The van der Waals surface area contributed by atoms with E-state index in [1.165, 1.54) is 70.2 Å². The molecule has 234 valence electrons. The molecule has 41 heavy (non-hydrogen) atoms. The van der Waals surface area contributed by atoms with E-state index in [4.69, 9.17) is 0 Å². The molecular formula is C40H68S. The molecule has 1 heteroatoms. The van der Waals surface area contributed by atoms with Crippen LogP contribution in [-0.2, 0) is 5.75 Å². The Morgan fingerprint density at radius 2 is 1.27 bits per heavy atom. The van der Waals surface area contributed by atoms with Crippen LogP contribution >= 0.6 is 11.8 Å². The molecule has 0 heterocycles. The number of unbranched alkanes of at least 4 members (excludes halogenated alkanes) is 2. The second-order valence-corrected chi connectivity index (χ2v) is 11.6. The molecule has 0 aromatic heterocycles. The Bertz CT molecular complexity index is 935. The van der Waals surface area contributed by atoms with Gasteiger partial charge in [-0.1, -0.05) is 159 Å². The maximum Gasteiger partial charge on any atom is 0.0275 e. The fourth-order valence-electron chi connectivity index (χ4n) is 3.54. The highest BCUT2D eigenvalue weighted by molar-refractivity contribution is 7.99. The molecule has 1 atom stereocenters. The number of benzene rings is 2. The molecule has 0 aliphatic heterocycles. The first-order valence-electron chi connectivity index (χ1n) is 16.3. The molecule has 2 rings (SSSR count). The largest absolute Gasteiger partial charge is 0.149 e. The number of hydrogen-bond donors (Lipinski definition) is 0. The molecule has 0 radical (unpaired) electrons. The fraction of sp³-hybridized carbons (Fsp3) is 0.550. The summed E-state index contributed by atoms with van der Waals surface area (Å²) in [4.78, 5) is 0. The predicted octanol–water partition coefficient (Wildman–Crippen LogP) is 14.1. The summed E-state index contributed by atoms with van der Waals surface area (Å²) in [5, 5.41) is 0.478. The minimum absolute atomic E-state index is 0.478. The zero-order valence-electron chi connectivity index (χ0n) is 29.8. The summed E-state index contributed by atoms with van der Waals surface area (Å²) in [5.74, 6) is 1.05. The van der Waals surface area contributed by atoms with Gasteiger partial charge in [0.2, 0.25) is 0 Å². The minimum atomic E-state index is 0.478. The Hall–Kier alpha value is -1.99. The summed E-state index contributed by atoms with van der Waals surface area (Å²) in [6.07, 6.45) is 11.8. The average Bonchev–Trinajstić information content (AvgIpc) is 2.98. The predicted molar refractivity (Wildman–Crippen MR) is 197 cm³/mol. The highest BCUT2D eigenvalue weighted by atomic mass is 32.2. The van der Waals surface area contributed by atoms with Crippen LogP contribution in [-0.4, -0.2) is 5.25 Å². The summed E-state index contributed by atoms with van der Waals surface area (Å²) < 4.78 is 0. The van der Waals surface area contributed by atoms with Crippen molar-refractivity contribution in [3.05, 3.63) is 106 Å². The van der Waals surface area contributed by atoms with Crippen LogP contribution in [0.4, 0.5) is 0 Å². The van der Waals surface area contributed by atoms with Gasteiger partial charge in [-0.2, -0.15) is 0 Å². The van der Waals surface area contributed by atoms with Crippen LogP contribution in [0.2, 0.25) is 0 Å². The molecule has 0 aliphatic rings. The molecule has 0 saturated carbocycles. The third-order valence-electron chi connectivity index (χ3n) is 6.58. The molecule has 0 N–H and O–H groups in total. The van der Waals surface area contributed by atoms with Crippen molar-refractivity contribution >= 4 is 11.8 Å². The lowest BCUT2D eigenvalue weighted by molar-refractivity contribution is 0.886. The standard InChI is InChI=1S/C22H32S.C8H10.2C4H10.C2H6/c1-8-11-22(21(10-3)16(4)9-2)19(7)23-15-20-13-12-17(5)18(6)14-20;1-7-4-3-5-8(2)6-7;2*1-3-4-2;1-2/h8,11-14,19H,4,9-10,15H2,1-3,5-7H3;3-6H,1-2H3;2*3-4H2,1-2H3;1-2H3/b11-8-,22-21+;;;;. The van der Waals surface area contributed by atoms with E-state index in [1.807, 2.05) is 25.6 Å². The van der Waals surface area contributed by atoms with Gasteiger partial charge in [0.05, 0.1) is 0 Å². The van der Waals surface area contributed by atoms with E-state index in [2.05, 4.69) is 144 Å². The van der Waals surface area contributed by atoms with E-state index in [0.717, 1.165) is 18.6 Å². The topological polar surface area (TPSA) is 0 Å². The third-order valence-corrected chi connectivity index (χ3v) is 7.84. The molecule has 0 bridgehead atoms. The van der Waals surface area contributed by atoms with Gasteiger partial charge in [-0.25, -0.2) is 0 Å². The number of aryl methyl sites for hydroxylation is 4. The van der Waals surface area contributed by atoms with Crippen LogP contribution in [0.15, 0.2) is 77.9 Å². The number of rotatable bonds is 10. The smallest absolute Gasteiger partial charge is 0.0275 e. The van der Waals surface area contributed by atoms with Crippen molar-refractivity contribution < 1.29 is 0 Å². The molecule has 0 aliphatic carbocycles. The quantitative estimate of drug-likeness (QED) is 0.252. The highest BCUT2D eigenvalue weighted by Crippen LogP contribution is 2.31.